The summed E-state index contributed by atoms with van der Waals surface area (Å²) in [6.45, 7) is 3.70. The van der Waals surface area contributed by atoms with Gasteiger partial charge in [-0.25, -0.2) is 8.42 Å². The normalized spacial score (nSPS) is 44.9. The molecule has 3 nitrogen and oxygen atoms in total. The Morgan fingerprint density at radius 2 is 2.27 bits per heavy atom. The first-order valence-corrected chi connectivity index (χ1v) is 7.28. The van der Waals surface area contributed by atoms with Crippen LogP contribution < -0.4 is 0 Å². The predicted molar refractivity (Wildman–Crippen MR) is 62.5 cm³/mol. The van der Waals surface area contributed by atoms with E-state index in [0.717, 1.165) is 11.3 Å². The second kappa shape index (κ2) is 2.58. The fourth-order valence-corrected chi connectivity index (χ4v) is 6.39. The average molecular weight is 241 g/mol. The Hall–Kier alpha value is -0.550. The van der Waals surface area contributed by atoms with Gasteiger partial charge in [0.25, 0.3) is 0 Å². The molecule has 80 valence electrons. The molecule has 0 saturated heterocycles. The fourth-order valence-electron chi connectivity index (χ4n) is 2.46. The van der Waals surface area contributed by atoms with Gasteiger partial charge in [0.05, 0.1) is 5.25 Å². The number of fused-ring (bicyclic) bond motifs is 1. The highest BCUT2D eigenvalue weighted by Gasteiger charge is 2.59. The van der Waals surface area contributed by atoms with Gasteiger partial charge in [0, 0.05) is 17.2 Å². The van der Waals surface area contributed by atoms with Crippen LogP contribution in [0.25, 0.3) is 0 Å². The van der Waals surface area contributed by atoms with Gasteiger partial charge < -0.3 is 0 Å². The number of allylic oxidation sites excluding steroid dienone is 1. The molecule has 3 atom stereocenters. The van der Waals surface area contributed by atoms with Crippen molar-refractivity contribution in [3.05, 3.63) is 23.1 Å². The van der Waals surface area contributed by atoms with E-state index < -0.39 is 14.0 Å². The summed E-state index contributed by atoms with van der Waals surface area (Å²) in [7, 11) is -3.19. The van der Waals surface area contributed by atoms with Crippen LogP contribution >= 0.6 is 11.8 Å². The van der Waals surface area contributed by atoms with Gasteiger partial charge in [0.15, 0.2) is 9.84 Å². The number of hydrogen-bond acceptors (Lipinski definition) is 4. The van der Waals surface area contributed by atoms with Gasteiger partial charge in [-0.3, -0.25) is 4.99 Å². The van der Waals surface area contributed by atoms with Crippen molar-refractivity contribution in [2.75, 3.05) is 0 Å². The molecule has 0 aromatic heterocycles. The van der Waals surface area contributed by atoms with E-state index in [2.05, 4.69) is 11.1 Å². The maximum absolute atomic E-state index is 12.3. The van der Waals surface area contributed by atoms with Crippen LogP contribution in [0.1, 0.15) is 13.8 Å². The topological polar surface area (TPSA) is 46.5 Å². The van der Waals surface area contributed by atoms with Crippen molar-refractivity contribution in [2.45, 2.75) is 23.3 Å². The van der Waals surface area contributed by atoms with E-state index in [-0.39, 0.29) is 11.2 Å². The zero-order valence-electron chi connectivity index (χ0n) is 8.47. The summed E-state index contributed by atoms with van der Waals surface area (Å²) < 4.78 is 23.6. The largest absolute Gasteiger partial charge is 0.255 e. The number of rotatable bonds is 0. The van der Waals surface area contributed by atoms with Gasteiger partial charge in [0.2, 0.25) is 4.20 Å². The first-order valence-electron chi connectivity index (χ1n) is 4.85. The predicted octanol–water partition coefficient (Wildman–Crippen LogP) is 1.73. The van der Waals surface area contributed by atoms with E-state index in [9.17, 15) is 8.42 Å². The van der Waals surface area contributed by atoms with Gasteiger partial charge in [-0.1, -0.05) is 17.8 Å². The van der Waals surface area contributed by atoms with Crippen LogP contribution in [0, 0.1) is 5.92 Å². The molecule has 0 aromatic carbocycles. The molecular weight excluding hydrogens is 230 g/mol. The van der Waals surface area contributed by atoms with Gasteiger partial charge in [0.1, 0.15) is 0 Å². The third-order valence-corrected chi connectivity index (χ3v) is 7.66. The number of nitrogens with zero attached hydrogens (tertiary/aromatic N) is 1. The summed E-state index contributed by atoms with van der Waals surface area (Å²) in [4.78, 5) is 4.41. The highest BCUT2D eigenvalue weighted by Crippen LogP contribution is 2.55. The third-order valence-electron chi connectivity index (χ3n) is 3.39. The minimum absolute atomic E-state index is 0.0322. The summed E-state index contributed by atoms with van der Waals surface area (Å²) in [5.74, 6) is -0.0322. The van der Waals surface area contributed by atoms with E-state index in [1.54, 1.807) is 6.92 Å². The van der Waals surface area contributed by atoms with Crippen molar-refractivity contribution in [3.63, 3.8) is 0 Å². The molecule has 0 saturated carbocycles. The van der Waals surface area contributed by atoms with Crippen LogP contribution in [0.15, 0.2) is 28.1 Å². The van der Waals surface area contributed by atoms with Crippen molar-refractivity contribution >= 4 is 27.3 Å². The zero-order chi connectivity index (χ0) is 10.8. The lowest BCUT2D eigenvalue weighted by molar-refractivity contribution is 0.546. The zero-order valence-corrected chi connectivity index (χ0v) is 10.1. The number of sulfone groups is 1. The standard InChI is InChI=1S/C10H11NO2S2/c1-6-9-5-8-3-4-14-10(8,11-6)15(12,13)7(9)2/h3-5,7,9H,1-2H3/t7-,9?,10?/m0/s1. The molecule has 0 amide bonds. The quantitative estimate of drug-likeness (QED) is 0.649. The third kappa shape index (κ3) is 0.892. The van der Waals surface area contributed by atoms with Crippen LogP contribution in [-0.2, 0) is 9.84 Å². The molecule has 1 spiro atoms. The molecule has 0 aromatic rings. The van der Waals surface area contributed by atoms with Gasteiger partial charge in [-0.05, 0) is 25.3 Å². The van der Waals surface area contributed by atoms with E-state index in [4.69, 9.17) is 0 Å². The maximum atomic E-state index is 12.3. The Morgan fingerprint density at radius 3 is 3.00 bits per heavy atom. The molecule has 5 heteroatoms. The Labute approximate surface area is 93.3 Å². The molecule has 0 fully saturated rings. The molecule has 2 unspecified atom stereocenters. The monoisotopic (exact) mass is 241 g/mol. The Morgan fingerprint density at radius 1 is 1.53 bits per heavy atom. The van der Waals surface area contributed by atoms with Crippen LogP contribution in [0.5, 0.6) is 0 Å². The minimum Gasteiger partial charge on any atom is -0.255 e. The molecular formula is C10H11NO2S2. The SMILES string of the molecule is CC1=NC23SC=CC2=CC1[C@H](C)S3(=O)=O. The Balaban J connectivity index is 2.36. The highest BCUT2D eigenvalue weighted by molar-refractivity contribution is 8.17. The van der Waals surface area contributed by atoms with Crippen molar-refractivity contribution in [1.82, 2.24) is 0 Å². The lowest BCUT2D eigenvalue weighted by Gasteiger charge is -2.42. The molecule has 0 N–H and O–H groups in total. The highest BCUT2D eigenvalue weighted by atomic mass is 32.3. The summed E-state index contributed by atoms with van der Waals surface area (Å²) in [5.41, 5.74) is 1.79. The molecule has 0 aliphatic carbocycles. The number of thioether (sulfide) groups is 1. The number of hydrogen-bond donors (Lipinski definition) is 0. The molecule has 2 bridgehead atoms. The lowest BCUT2D eigenvalue weighted by Crippen LogP contribution is -2.52. The van der Waals surface area contributed by atoms with Crippen molar-refractivity contribution < 1.29 is 8.42 Å². The summed E-state index contributed by atoms with van der Waals surface area (Å²) >= 11 is 1.30. The average Bonchev–Trinajstić information content (AvgIpc) is 2.57. The first-order chi connectivity index (χ1) is 6.99. The Bertz CT molecular complexity index is 530. The fraction of sp³-hybridized carbons (Fsp3) is 0.500. The number of dihydropyridines is 1. The molecule has 4 rings (SSSR count). The number of aliphatic imine (C=N–C) groups is 1. The van der Waals surface area contributed by atoms with Crippen LogP contribution in [0.4, 0.5) is 0 Å². The molecule has 4 aliphatic heterocycles. The van der Waals surface area contributed by atoms with E-state index in [1.165, 1.54) is 11.8 Å². The van der Waals surface area contributed by atoms with Crippen LogP contribution in [-0.4, -0.2) is 23.6 Å². The molecule has 15 heavy (non-hydrogen) atoms. The second-order valence-corrected chi connectivity index (χ2v) is 7.94. The summed E-state index contributed by atoms with van der Waals surface area (Å²) in [5, 5.41) is 1.49. The molecule has 4 aliphatic rings. The maximum Gasteiger partial charge on any atom is 0.236 e. The first kappa shape index (κ1) is 9.66. The van der Waals surface area contributed by atoms with E-state index in [1.807, 2.05) is 18.4 Å². The van der Waals surface area contributed by atoms with Crippen molar-refractivity contribution in [2.24, 2.45) is 10.9 Å². The van der Waals surface area contributed by atoms with Crippen LogP contribution in [0.3, 0.4) is 0 Å². The summed E-state index contributed by atoms with van der Waals surface area (Å²) in [6.07, 6.45) is 3.93. The summed E-state index contributed by atoms with van der Waals surface area (Å²) in [6, 6.07) is 0. The second-order valence-electron chi connectivity index (χ2n) is 4.15. The molecule has 4 heterocycles. The lowest BCUT2D eigenvalue weighted by atomic mass is 9.94. The van der Waals surface area contributed by atoms with Gasteiger partial charge >= 0.3 is 0 Å². The molecule has 0 radical (unpaired) electrons. The van der Waals surface area contributed by atoms with Crippen LogP contribution in [0.2, 0.25) is 0 Å². The van der Waals surface area contributed by atoms with Gasteiger partial charge in [-0.15, -0.1) is 0 Å². The van der Waals surface area contributed by atoms with Crippen molar-refractivity contribution in [3.8, 4) is 0 Å². The smallest absolute Gasteiger partial charge is 0.236 e. The van der Waals surface area contributed by atoms with Crippen molar-refractivity contribution in [1.29, 1.82) is 0 Å². The minimum atomic E-state index is -3.19. The van der Waals surface area contributed by atoms with E-state index in [0.29, 0.717) is 0 Å². The van der Waals surface area contributed by atoms with Gasteiger partial charge in [-0.2, -0.15) is 0 Å². The Kier molecular flexibility index (Phi) is 1.66. The van der Waals surface area contributed by atoms with E-state index >= 15 is 0 Å².